The van der Waals surface area contributed by atoms with Crippen molar-refractivity contribution in [2.24, 2.45) is 0 Å². The van der Waals surface area contributed by atoms with Crippen molar-refractivity contribution in [2.45, 2.75) is 30.3 Å². The monoisotopic (exact) mass is 398 g/mol. The van der Waals surface area contributed by atoms with Crippen molar-refractivity contribution in [2.75, 3.05) is 18.0 Å². The first-order chi connectivity index (χ1) is 13.9. The minimum Gasteiger partial charge on any atom is -0.467 e. The van der Waals surface area contributed by atoms with E-state index in [0.29, 0.717) is 29.8 Å². The molecule has 1 aliphatic heterocycles. The van der Waals surface area contributed by atoms with Crippen LogP contribution >= 0.6 is 11.8 Å². The molecule has 28 heavy (non-hydrogen) atoms. The van der Waals surface area contributed by atoms with Crippen LogP contribution in [0.5, 0.6) is 0 Å². The van der Waals surface area contributed by atoms with E-state index < -0.39 is 0 Å². The molecule has 10 heteroatoms. The first kappa shape index (κ1) is 17.1. The standard InChI is InChI=1S/C18H18N6O3S/c1-2-8-23(7-1)17-20-21-18(24(17)11-13-5-3-9-25-13)28-12-15-19-16(27-22-15)14-6-4-10-26-14/h3-6,9-10H,1-2,7-8,11-12H2. The topological polar surface area (TPSA) is 99.1 Å². The van der Waals surface area contributed by atoms with Crippen LogP contribution in [-0.2, 0) is 12.3 Å². The minimum absolute atomic E-state index is 0.371. The lowest BCUT2D eigenvalue weighted by Crippen LogP contribution is -2.22. The number of nitrogens with zero attached hydrogens (tertiary/aromatic N) is 6. The normalized spacial score (nSPS) is 14.2. The van der Waals surface area contributed by atoms with Gasteiger partial charge in [-0.1, -0.05) is 16.9 Å². The SMILES string of the molecule is c1coc(Cn2c(SCc3noc(-c4ccco4)n3)nnc2N2CCCC2)c1. The van der Waals surface area contributed by atoms with Crippen LogP contribution < -0.4 is 4.90 Å². The maximum absolute atomic E-state index is 5.53. The van der Waals surface area contributed by atoms with Crippen LogP contribution in [0.25, 0.3) is 11.7 Å². The summed E-state index contributed by atoms with van der Waals surface area (Å²) in [5.74, 6) is 3.76. The highest BCUT2D eigenvalue weighted by molar-refractivity contribution is 7.98. The average Bonchev–Trinajstić information content (AvgIpc) is 3.53. The van der Waals surface area contributed by atoms with Gasteiger partial charge in [-0.25, -0.2) is 0 Å². The van der Waals surface area contributed by atoms with Gasteiger partial charge >= 0.3 is 0 Å². The Labute approximate surface area is 164 Å². The van der Waals surface area contributed by atoms with Crippen LogP contribution in [0.3, 0.4) is 0 Å². The zero-order valence-corrected chi connectivity index (χ0v) is 15.8. The second-order valence-corrected chi connectivity index (χ2v) is 7.37. The van der Waals surface area contributed by atoms with Gasteiger partial charge in [0.15, 0.2) is 16.7 Å². The molecule has 0 amide bonds. The maximum Gasteiger partial charge on any atom is 0.293 e. The third-order valence-corrected chi connectivity index (χ3v) is 5.47. The van der Waals surface area contributed by atoms with Gasteiger partial charge in [0, 0.05) is 13.1 Å². The van der Waals surface area contributed by atoms with Gasteiger partial charge in [-0.3, -0.25) is 4.57 Å². The molecule has 0 aliphatic carbocycles. The van der Waals surface area contributed by atoms with Crippen molar-refractivity contribution in [1.29, 1.82) is 0 Å². The van der Waals surface area contributed by atoms with E-state index in [2.05, 4.69) is 29.8 Å². The third kappa shape index (κ3) is 3.42. The van der Waals surface area contributed by atoms with Crippen molar-refractivity contribution in [1.82, 2.24) is 24.9 Å². The van der Waals surface area contributed by atoms with Crippen LogP contribution in [0.4, 0.5) is 5.95 Å². The molecule has 0 aromatic carbocycles. The summed E-state index contributed by atoms with van der Waals surface area (Å²) in [5, 5.41) is 13.7. The van der Waals surface area contributed by atoms with E-state index in [0.717, 1.165) is 30.0 Å². The first-order valence-corrected chi connectivity index (χ1v) is 10.1. The number of rotatable bonds is 7. The fourth-order valence-electron chi connectivity index (χ4n) is 3.18. The molecule has 9 nitrogen and oxygen atoms in total. The van der Waals surface area contributed by atoms with Crippen LogP contribution in [0.1, 0.15) is 24.4 Å². The Morgan fingerprint density at radius 1 is 1.04 bits per heavy atom. The minimum atomic E-state index is 0.371. The number of anilines is 1. The van der Waals surface area contributed by atoms with Gasteiger partial charge in [-0.2, -0.15) is 4.98 Å². The molecule has 4 aromatic heterocycles. The molecule has 0 atom stereocenters. The van der Waals surface area contributed by atoms with E-state index >= 15 is 0 Å². The van der Waals surface area contributed by atoms with Gasteiger partial charge in [-0.05, 0) is 37.1 Å². The molecule has 1 fully saturated rings. The van der Waals surface area contributed by atoms with Crippen molar-refractivity contribution in [3.63, 3.8) is 0 Å². The van der Waals surface area contributed by atoms with E-state index in [1.165, 1.54) is 24.6 Å². The summed E-state index contributed by atoms with van der Waals surface area (Å²) in [4.78, 5) is 6.65. The smallest absolute Gasteiger partial charge is 0.293 e. The molecule has 4 aromatic rings. The quantitative estimate of drug-likeness (QED) is 0.433. The molecule has 5 heterocycles. The Kier molecular flexibility index (Phi) is 4.61. The van der Waals surface area contributed by atoms with E-state index in [-0.39, 0.29) is 0 Å². The average molecular weight is 398 g/mol. The zero-order valence-electron chi connectivity index (χ0n) is 15.0. The summed E-state index contributed by atoms with van der Waals surface area (Å²) in [6.07, 6.45) is 5.60. The summed E-state index contributed by atoms with van der Waals surface area (Å²) in [6.45, 7) is 2.58. The van der Waals surface area contributed by atoms with Gasteiger partial charge in [0.1, 0.15) is 5.76 Å². The molecule has 5 rings (SSSR count). The molecule has 0 saturated carbocycles. The lowest BCUT2D eigenvalue weighted by atomic mass is 10.4. The molecular formula is C18H18N6O3S. The van der Waals surface area contributed by atoms with E-state index in [4.69, 9.17) is 13.4 Å². The maximum atomic E-state index is 5.53. The fourth-order valence-corrected chi connectivity index (χ4v) is 3.95. The second-order valence-electron chi connectivity index (χ2n) is 6.42. The summed E-state index contributed by atoms with van der Waals surface area (Å²) >= 11 is 1.52. The van der Waals surface area contributed by atoms with E-state index in [1.54, 1.807) is 24.7 Å². The Morgan fingerprint density at radius 2 is 1.89 bits per heavy atom. The van der Waals surface area contributed by atoms with E-state index in [1.807, 2.05) is 12.1 Å². The Bertz CT molecular complexity index is 1020. The Balaban J connectivity index is 1.35. The number of aromatic nitrogens is 5. The predicted octanol–water partition coefficient (Wildman–Crippen LogP) is 3.45. The summed E-state index contributed by atoms with van der Waals surface area (Å²) in [7, 11) is 0. The molecule has 1 saturated heterocycles. The molecule has 0 unspecified atom stereocenters. The summed E-state index contributed by atoms with van der Waals surface area (Å²) < 4.78 is 18.2. The highest BCUT2D eigenvalue weighted by atomic mass is 32.2. The molecule has 0 bridgehead atoms. The third-order valence-electron chi connectivity index (χ3n) is 4.51. The largest absolute Gasteiger partial charge is 0.467 e. The molecule has 1 aliphatic rings. The highest BCUT2D eigenvalue weighted by Crippen LogP contribution is 2.28. The first-order valence-electron chi connectivity index (χ1n) is 9.06. The van der Waals surface area contributed by atoms with Gasteiger partial charge < -0.3 is 18.3 Å². The molecular weight excluding hydrogens is 380 g/mol. The number of thioether (sulfide) groups is 1. The van der Waals surface area contributed by atoms with Crippen molar-refractivity contribution in [3.05, 3.63) is 48.4 Å². The van der Waals surface area contributed by atoms with Crippen molar-refractivity contribution in [3.8, 4) is 11.7 Å². The van der Waals surface area contributed by atoms with Crippen LogP contribution in [0.15, 0.2) is 55.3 Å². The molecule has 144 valence electrons. The summed E-state index contributed by atoms with van der Waals surface area (Å²) in [5.41, 5.74) is 0. The molecule has 0 radical (unpaired) electrons. The molecule has 0 spiro atoms. The Morgan fingerprint density at radius 3 is 2.68 bits per heavy atom. The van der Waals surface area contributed by atoms with Crippen molar-refractivity contribution >= 4 is 17.7 Å². The number of hydrogen-bond donors (Lipinski definition) is 0. The predicted molar refractivity (Wildman–Crippen MR) is 101 cm³/mol. The number of furan rings is 2. The van der Waals surface area contributed by atoms with Crippen molar-refractivity contribution < 1.29 is 13.4 Å². The van der Waals surface area contributed by atoms with Gasteiger partial charge in [0.25, 0.3) is 5.89 Å². The van der Waals surface area contributed by atoms with Crippen LogP contribution in [-0.4, -0.2) is 38.0 Å². The Hall–Kier alpha value is -3.01. The zero-order chi connectivity index (χ0) is 18.8. The van der Waals surface area contributed by atoms with Crippen LogP contribution in [0.2, 0.25) is 0 Å². The highest BCUT2D eigenvalue weighted by Gasteiger charge is 2.22. The number of hydrogen-bond acceptors (Lipinski definition) is 9. The second kappa shape index (κ2) is 7.55. The van der Waals surface area contributed by atoms with Gasteiger partial charge in [-0.15, -0.1) is 10.2 Å². The fraction of sp³-hybridized carbons (Fsp3) is 0.333. The summed E-state index contributed by atoms with van der Waals surface area (Å²) in [6, 6.07) is 7.41. The van der Waals surface area contributed by atoms with Gasteiger partial charge in [0.2, 0.25) is 5.95 Å². The van der Waals surface area contributed by atoms with Crippen LogP contribution in [0, 0.1) is 0 Å². The molecule has 0 N–H and O–H groups in total. The van der Waals surface area contributed by atoms with Gasteiger partial charge in [0.05, 0.1) is 24.8 Å². The van der Waals surface area contributed by atoms with E-state index in [9.17, 15) is 0 Å². The lowest BCUT2D eigenvalue weighted by Gasteiger charge is -2.17. The lowest BCUT2D eigenvalue weighted by molar-refractivity contribution is 0.411.